The van der Waals surface area contributed by atoms with Gasteiger partial charge in [-0.05, 0) is 43.7 Å². The van der Waals surface area contributed by atoms with E-state index in [1.807, 2.05) is 38.1 Å². The Hall–Kier alpha value is -2.14. The fourth-order valence-electron chi connectivity index (χ4n) is 2.46. The molecular weight excluding hydrogens is 311 g/mol. The highest BCUT2D eigenvalue weighted by Gasteiger charge is 2.13. The summed E-state index contributed by atoms with van der Waals surface area (Å²) in [7, 11) is 0. The fourth-order valence-corrected chi connectivity index (χ4v) is 3.53. The minimum Gasteiger partial charge on any atom is -0.285 e. The number of rotatable bonds is 4. The second kappa shape index (κ2) is 6.54. The molecule has 0 atom stereocenters. The molecule has 0 saturated heterocycles. The standard InChI is InChI=1S/C18H17FN2OS/c1-12(2)21-17(22)15-8-3-4-9-16(15)20-18(21)23-11-13-6-5-7-14(19)10-13/h3-10,12H,11H2,1-2H3. The topological polar surface area (TPSA) is 34.9 Å². The highest BCUT2D eigenvalue weighted by atomic mass is 32.2. The Bertz CT molecular complexity index is 905. The third kappa shape index (κ3) is 3.29. The number of hydrogen-bond donors (Lipinski definition) is 0. The number of nitrogens with zero attached hydrogens (tertiary/aromatic N) is 2. The molecule has 0 bridgehead atoms. The minimum absolute atomic E-state index is 0.00890. The van der Waals surface area contributed by atoms with Gasteiger partial charge in [-0.25, -0.2) is 9.37 Å². The summed E-state index contributed by atoms with van der Waals surface area (Å²) in [5, 5.41) is 1.28. The molecule has 1 heterocycles. The third-order valence-electron chi connectivity index (χ3n) is 3.55. The lowest BCUT2D eigenvalue weighted by molar-refractivity contribution is 0.519. The monoisotopic (exact) mass is 328 g/mol. The molecule has 0 radical (unpaired) electrons. The van der Waals surface area contributed by atoms with E-state index in [9.17, 15) is 9.18 Å². The molecule has 1 aromatic heterocycles. The van der Waals surface area contributed by atoms with Crippen LogP contribution in [0.15, 0.2) is 58.5 Å². The Morgan fingerprint density at radius 3 is 2.70 bits per heavy atom. The van der Waals surface area contributed by atoms with Gasteiger partial charge in [0.25, 0.3) is 5.56 Å². The van der Waals surface area contributed by atoms with E-state index in [-0.39, 0.29) is 17.4 Å². The molecule has 0 aliphatic rings. The van der Waals surface area contributed by atoms with Crippen LogP contribution in [-0.2, 0) is 5.75 Å². The van der Waals surface area contributed by atoms with Gasteiger partial charge >= 0.3 is 0 Å². The van der Waals surface area contributed by atoms with Crippen LogP contribution in [0.1, 0.15) is 25.5 Å². The van der Waals surface area contributed by atoms with E-state index in [0.717, 1.165) is 5.56 Å². The quantitative estimate of drug-likeness (QED) is 0.526. The van der Waals surface area contributed by atoms with E-state index < -0.39 is 0 Å². The van der Waals surface area contributed by atoms with Crippen LogP contribution in [0.25, 0.3) is 10.9 Å². The summed E-state index contributed by atoms with van der Waals surface area (Å²) in [6.45, 7) is 3.92. The Morgan fingerprint density at radius 1 is 1.17 bits per heavy atom. The number of benzene rings is 2. The zero-order valence-corrected chi connectivity index (χ0v) is 13.8. The van der Waals surface area contributed by atoms with Crippen LogP contribution in [0.3, 0.4) is 0 Å². The van der Waals surface area contributed by atoms with Crippen LogP contribution in [-0.4, -0.2) is 9.55 Å². The summed E-state index contributed by atoms with van der Waals surface area (Å²) in [4.78, 5) is 17.3. The Labute approximate surface area is 138 Å². The van der Waals surface area contributed by atoms with Crippen molar-refractivity contribution in [2.45, 2.75) is 30.8 Å². The first kappa shape index (κ1) is 15.7. The predicted octanol–water partition coefficient (Wildman–Crippen LogP) is 4.41. The van der Waals surface area contributed by atoms with Gasteiger partial charge in [0.15, 0.2) is 5.16 Å². The maximum Gasteiger partial charge on any atom is 0.262 e. The van der Waals surface area contributed by atoms with Crippen LogP contribution >= 0.6 is 11.8 Å². The number of fused-ring (bicyclic) bond motifs is 1. The molecule has 3 aromatic rings. The summed E-state index contributed by atoms with van der Waals surface area (Å²) in [5.74, 6) is 0.311. The van der Waals surface area contributed by atoms with Crippen LogP contribution in [0.4, 0.5) is 4.39 Å². The highest BCUT2D eigenvalue weighted by Crippen LogP contribution is 2.24. The molecule has 0 aliphatic heterocycles. The molecule has 0 fully saturated rings. The smallest absolute Gasteiger partial charge is 0.262 e. The van der Waals surface area contributed by atoms with Crippen LogP contribution in [0, 0.1) is 5.82 Å². The Morgan fingerprint density at radius 2 is 1.96 bits per heavy atom. The van der Waals surface area contributed by atoms with Gasteiger partial charge in [-0.3, -0.25) is 9.36 Å². The van der Waals surface area contributed by atoms with Gasteiger partial charge < -0.3 is 0 Å². The lowest BCUT2D eigenvalue weighted by Crippen LogP contribution is -2.25. The third-order valence-corrected chi connectivity index (χ3v) is 4.57. The van der Waals surface area contributed by atoms with Crippen molar-refractivity contribution in [3.8, 4) is 0 Å². The zero-order chi connectivity index (χ0) is 16.4. The van der Waals surface area contributed by atoms with Gasteiger partial charge in [0.2, 0.25) is 0 Å². The normalized spacial score (nSPS) is 11.3. The summed E-state index contributed by atoms with van der Waals surface area (Å²) in [5.41, 5.74) is 1.52. The molecule has 23 heavy (non-hydrogen) atoms. The van der Waals surface area contributed by atoms with Crippen LogP contribution in [0.5, 0.6) is 0 Å². The van der Waals surface area contributed by atoms with Crippen molar-refractivity contribution in [3.63, 3.8) is 0 Å². The van der Waals surface area contributed by atoms with E-state index in [1.54, 1.807) is 16.7 Å². The van der Waals surface area contributed by atoms with Gasteiger partial charge in [0.1, 0.15) is 5.82 Å². The molecule has 5 heteroatoms. The van der Waals surface area contributed by atoms with E-state index >= 15 is 0 Å². The molecule has 0 unspecified atom stereocenters. The summed E-state index contributed by atoms with van der Waals surface area (Å²) in [6.07, 6.45) is 0. The summed E-state index contributed by atoms with van der Waals surface area (Å²) < 4.78 is 15.0. The molecule has 0 N–H and O–H groups in total. The van der Waals surface area contributed by atoms with E-state index in [2.05, 4.69) is 4.98 Å². The van der Waals surface area contributed by atoms with Crippen molar-refractivity contribution < 1.29 is 4.39 Å². The first-order valence-corrected chi connectivity index (χ1v) is 8.43. The van der Waals surface area contributed by atoms with Gasteiger partial charge in [0.05, 0.1) is 10.9 Å². The number of para-hydroxylation sites is 1. The average molecular weight is 328 g/mol. The molecule has 0 amide bonds. The van der Waals surface area contributed by atoms with Crippen molar-refractivity contribution in [1.82, 2.24) is 9.55 Å². The summed E-state index contributed by atoms with van der Waals surface area (Å²) >= 11 is 1.45. The molecular formula is C18H17FN2OS. The lowest BCUT2D eigenvalue weighted by atomic mass is 10.2. The van der Waals surface area contributed by atoms with Gasteiger partial charge in [-0.2, -0.15) is 0 Å². The van der Waals surface area contributed by atoms with Gasteiger partial charge in [-0.15, -0.1) is 0 Å². The number of thioether (sulfide) groups is 1. The van der Waals surface area contributed by atoms with Crippen molar-refractivity contribution in [2.24, 2.45) is 0 Å². The van der Waals surface area contributed by atoms with E-state index in [1.165, 1.54) is 23.9 Å². The second-order valence-corrected chi connectivity index (χ2v) is 6.54. The molecule has 2 aromatic carbocycles. The predicted molar refractivity (Wildman–Crippen MR) is 92.3 cm³/mol. The molecule has 0 saturated carbocycles. The first-order valence-electron chi connectivity index (χ1n) is 7.45. The van der Waals surface area contributed by atoms with Crippen molar-refractivity contribution in [1.29, 1.82) is 0 Å². The number of halogens is 1. The average Bonchev–Trinajstić information content (AvgIpc) is 2.53. The first-order chi connectivity index (χ1) is 11.1. The number of aromatic nitrogens is 2. The molecule has 0 aliphatic carbocycles. The van der Waals surface area contributed by atoms with Gasteiger partial charge in [0, 0.05) is 11.8 Å². The zero-order valence-electron chi connectivity index (χ0n) is 13.0. The maximum atomic E-state index is 13.3. The molecule has 3 nitrogen and oxygen atoms in total. The van der Waals surface area contributed by atoms with Crippen molar-refractivity contribution >= 4 is 22.7 Å². The van der Waals surface area contributed by atoms with Crippen LogP contribution in [0.2, 0.25) is 0 Å². The summed E-state index contributed by atoms with van der Waals surface area (Å²) in [6, 6.07) is 13.8. The van der Waals surface area contributed by atoms with E-state index in [0.29, 0.717) is 21.8 Å². The molecule has 3 rings (SSSR count). The molecule has 0 spiro atoms. The van der Waals surface area contributed by atoms with E-state index in [4.69, 9.17) is 0 Å². The van der Waals surface area contributed by atoms with Crippen molar-refractivity contribution in [3.05, 3.63) is 70.3 Å². The minimum atomic E-state index is -0.254. The second-order valence-electron chi connectivity index (χ2n) is 5.60. The lowest BCUT2D eigenvalue weighted by Gasteiger charge is -2.16. The Balaban J connectivity index is 2.02. The highest BCUT2D eigenvalue weighted by molar-refractivity contribution is 7.98. The number of hydrogen-bond acceptors (Lipinski definition) is 3. The maximum absolute atomic E-state index is 13.3. The Kier molecular flexibility index (Phi) is 4.48. The largest absolute Gasteiger partial charge is 0.285 e. The molecule has 118 valence electrons. The SMILES string of the molecule is CC(C)n1c(SCc2cccc(F)c2)nc2ccccc2c1=O. The van der Waals surface area contributed by atoms with Crippen molar-refractivity contribution in [2.75, 3.05) is 0 Å². The fraction of sp³-hybridized carbons (Fsp3) is 0.222. The van der Waals surface area contributed by atoms with Crippen LogP contribution < -0.4 is 5.56 Å². The van der Waals surface area contributed by atoms with Gasteiger partial charge in [-0.1, -0.05) is 36.0 Å².